The SMILES string of the molecule is CS(=O)(=O)N[C@@H]1CCCN(C(=O)[C@H]2CSCN2)C1. The second kappa shape index (κ2) is 5.77. The number of likely N-dealkylation sites (tertiary alicyclic amines) is 1. The van der Waals surface area contributed by atoms with Gasteiger partial charge in [-0.2, -0.15) is 0 Å². The van der Waals surface area contributed by atoms with E-state index in [0.29, 0.717) is 6.54 Å². The molecule has 2 heterocycles. The van der Waals surface area contributed by atoms with Gasteiger partial charge in [0.15, 0.2) is 0 Å². The van der Waals surface area contributed by atoms with Gasteiger partial charge < -0.3 is 4.90 Å². The Morgan fingerprint density at radius 2 is 2.28 bits per heavy atom. The Kier molecular flexibility index (Phi) is 4.52. The Morgan fingerprint density at radius 3 is 2.89 bits per heavy atom. The largest absolute Gasteiger partial charge is 0.340 e. The molecule has 8 heteroatoms. The third kappa shape index (κ3) is 3.84. The quantitative estimate of drug-likeness (QED) is 0.711. The van der Waals surface area contributed by atoms with E-state index in [1.807, 2.05) is 0 Å². The van der Waals surface area contributed by atoms with Crippen molar-refractivity contribution in [2.45, 2.75) is 24.9 Å². The van der Waals surface area contributed by atoms with Crippen LogP contribution in [0.15, 0.2) is 0 Å². The molecular formula is C10H19N3O3S2. The standard InChI is InChI=1S/C10H19N3O3S2/c1-18(15,16)12-8-3-2-4-13(5-8)10(14)9-6-17-7-11-9/h8-9,11-12H,2-7H2,1H3/t8-,9-/m1/s1. The Labute approximate surface area is 112 Å². The van der Waals surface area contributed by atoms with Crippen molar-refractivity contribution >= 4 is 27.7 Å². The van der Waals surface area contributed by atoms with E-state index in [1.54, 1.807) is 16.7 Å². The van der Waals surface area contributed by atoms with Crippen LogP contribution in [0, 0.1) is 0 Å². The maximum atomic E-state index is 12.2. The van der Waals surface area contributed by atoms with Crippen LogP contribution in [-0.2, 0) is 14.8 Å². The molecule has 2 rings (SSSR count). The molecule has 0 spiro atoms. The maximum Gasteiger partial charge on any atom is 0.240 e. The Hall–Kier alpha value is -0.310. The topological polar surface area (TPSA) is 78.5 Å². The molecule has 2 fully saturated rings. The van der Waals surface area contributed by atoms with Crippen LogP contribution in [-0.4, -0.2) is 62.3 Å². The van der Waals surface area contributed by atoms with E-state index in [2.05, 4.69) is 10.0 Å². The third-order valence-corrected chi connectivity index (χ3v) is 4.83. The molecule has 104 valence electrons. The van der Waals surface area contributed by atoms with Crippen molar-refractivity contribution in [1.29, 1.82) is 0 Å². The van der Waals surface area contributed by atoms with Gasteiger partial charge in [0.1, 0.15) is 0 Å². The van der Waals surface area contributed by atoms with Crippen LogP contribution in [0.2, 0.25) is 0 Å². The molecule has 0 aromatic heterocycles. The van der Waals surface area contributed by atoms with Crippen LogP contribution < -0.4 is 10.0 Å². The average molecular weight is 293 g/mol. The summed E-state index contributed by atoms with van der Waals surface area (Å²) in [5.74, 6) is 1.72. The van der Waals surface area contributed by atoms with E-state index >= 15 is 0 Å². The lowest BCUT2D eigenvalue weighted by Crippen LogP contribution is -2.53. The van der Waals surface area contributed by atoms with Crippen LogP contribution in [0.4, 0.5) is 0 Å². The predicted octanol–water partition coefficient (Wildman–Crippen LogP) is -0.811. The van der Waals surface area contributed by atoms with Gasteiger partial charge in [0.05, 0.1) is 12.3 Å². The summed E-state index contributed by atoms with van der Waals surface area (Å²) in [6.45, 7) is 1.21. The molecule has 6 nitrogen and oxygen atoms in total. The third-order valence-electron chi connectivity index (χ3n) is 3.13. The monoisotopic (exact) mass is 293 g/mol. The van der Waals surface area contributed by atoms with Crippen LogP contribution in [0.3, 0.4) is 0 Å². The number of carbonyl (C=O) groups excluding carboxylic acids is 1. The highest BCUT2D eigenvalue weighted by molar-refractivity contribution is 7.99. The first-order valence-corrected chi connectivity index (χ1v) is 9.07. The van der Waals surface area contributed by atoms with E-state index in [1.165, 1.54) is 0 Å². The fourth-order valence-corrected chi connectivity index (χ4v) is 4.08. The van der Waals surface area contributed by atoms with E-state index in [9.17, 15) is 13.2 Å². The van der Waals surface area contributed by atoms with Gasteiger partial charge in [-0.15, -0.1) is 11.8 Å². The summed E-state index contributed by atoms with van der Waals surface area (Å²) in [7, 11) is -3.20. The number of rotatable bonds is 3. The lowest BCUT2D eigenvalue weighted by Gasteiger charge is -2.34. The highest BCUT2D eigenvalue weighted by atomic mass is 32.2. The van der Waals surface area contributed by atoms with E-state index in [0.717, 1.165) is 37.3 Å². The minimum atomic E-state index is -3.20. The Balaban J connectivity index is 1.91. The molecule has 0 bridgehead atoms. The molecule has 0 aromatic carbocycles. The second-order valence-corrected chi connectivity index (χ2v) is 7.60. The van der Waals surface area contributed by atoms with E-state index in [4.69, 9.17) is 0 Å². The summed E-state index contributed by atoms with van der Waals surface area (Å²) in [5, 5.41) is 3.15. The van der Waals surface area contributed by atoms with Gasteiger partial charge in [-0.1, -0.05) is 0 Å². The molecule has 0 aliphatic carbocycles. The first-order valence-electron chi connectivity index (χ1n) is 6.03. The molecule has 0 unspecified atom stereocenters. The van der Waals surface area contributed by atoms with Gasteiger partial charge in [0.25, 0.3) is 0 Å². The minimum absolute atomic E-state index is 0.0972. The maximum absolute atomic E-state index is 12.2. The van der Waals surface area contributed by atoms with Crippen molar-refractivity contribution in [2.24, 2.45) is 0 Å². The Bertz CT molecular complexity index is 407. The predicted molar refractivity (Wildman–Crippen MR) is 71.8 cm³/mol. The van der Waals surface area contributed by atoms with Gasteiger partial charge >= 0.3 is 0 Å². The smallest absolute Gasteiger partial charge is 0.240 e. The minimum Gasteiger partial charge on any atom is -0.340 e. The van der Waals surface area contributed by atoms with E-state index < -0.39 is 10.0 Å². The molecule has 1 amide bonds. The summed E-state index contributed by atoms with van der Waals surface area (Å²) < 4.78 is 25.0. The normalized spacial score (nSPS) is 29.5. The molecule has 0 saturated carbocycles. The van der Waals surface area contributed by atoms with Gasteiger partial charge in [0.2, 0.25) is 15.9 Å². The summed E-state index contributed by atoms with van der Waals surface area (Å²) in [5.41, 5.74) is 0. The molecule has 2 N–H and O–H groups in total. The highest BCUT2D eigenvalue weighted by Gasteiger charge is 2.31. The lowest BCUT2D eigenvalue weighted by atomic mass is 10.1. The van der Waals surface area contributed by atoms with Crippen molar-refractivity contribution < 1.29 is 13.2 Å². The van der Waals surface area contributed by atoms with Gasteiger partial charge in [-0.3, -0.25) is 10.1 Å². The molecule has 2 aliphatic rings. The van der Waals surface area contributed by atoms with Crippen molar-refractivity contribution in [2.75, 3.05) is 31.0 Å². The van der Waals surface area contributed by atoms with E-state index in [-0.39, 0.29) is 18.0 Å². The zero-order chi connectivity index (χ0) is 13.2. The number of hydrogen-bond acceptors (Lipinski definition) is 5. The summed E-state index contributed by atoms with van der Waals surface area (Å²) in [6, 6.07) is -0.251. The van der Waals surface area contributed by atoms with Crippen molar-refractivity contribution in [3.8, 4) is 0 Å². The number of nitrogens with one attached hydrogen (secondary N) is 2. The number of amides is 1. The first-order chi connectivity index (χ1) is 8.46. The van der Waals surface area contributed by atoms with Crippen LogP contribution in [0.5, 0.6) is 0 Å². The zero-order valence-electron chi connectivity index (χ0n) is 10.4. The molecule has 0 radical (unpaired) electrons. The molecule has 2 aliphatic heterocycles. The van der Waals surface area contributed by atoms with Gasteiger partial charge in [0, 0.05) is 30.8 Å². The van der Waals surface area contributed by atoms with Crippen LogP contribution in [0.1, 0.15) is 12.8 Å². The zero-order valence-corrected chi connectivity index (χ0v) is 12.0. The summed E-state index contributed by atoms with van der Waals surface area (Å²) >= 11 is 1.72. The van der Waals surface area contributed by atoms with Crippen molar-refractivity contribution in [3.05, 3.63) is 0 Å². The molecule has 18 heavy (non-hydrogen) atoms. The number of piperidine rings is 1. The fraction of sp³-hybridized carbons (Fsp3) is 0.900. The Morgan fingerprint density at radius 1 is 1.50 bits per heavy atom. The second-order valence-electron chi connectivity index (χ2n) is 4.79. The first kappa shape index (κ1) is 14.1. The number of nitrogens with zero attached hydrogens (tertiary/aromatic N) is 1. The molecule has 2 atom stereocenters. The number of hydrogen-bond donors (Lipinski definition) is 2. The van der Waals surface area contributed by atoms with Crippen molar-refractivity contribution in [1.82, 2.24) is 14.9 Å². The molecule has 0 aromatic rings. The highest BCUT2D eigenvalue weighted by Crippen LogP contribution is 2.16. The molecule has 2 saturated heterocycles. The van der Waals surface area contributed by atoms with Gasteiger partial charge in [-0.05, 0) is 12.8 Å². The molecular weight excluding hydrogens is 274 g/mol. The lowest BCUT2D eigenvalue weighted by molar-refractivity contribution is -0.133. The van der Waals surface area contributed by atoms with Crippen molar-refractivity contribution in [3.63, 3.8) is 0 Å². The fourth-order valence-electron chi connectivity index (χ4n) is 2.35. The summed E-state index contributed by atoms with van der Waals surface area (Å²) in [4.78, 5) is 14.0. The van der Waals surface area contributed by atoms with Crippen LogP contribution in [0.25, 0.3) is 0 Å². The number of thioether (sulfide) groups is 1. The summed E-state index contributed by atoms with van der Waals surface area (Å²) in [6.07, 6.45) is 2.80. The number of carbonyl (C=O) groups is 1. The average Bonchev–Trinajstić information content (AvgIpc) is 2.79. The van der Waals surface area contributed by atoms with Crippen LogP contribution >= 0.6 is 11.8 Å². The van der Waals surface area contributed by atoms with Gasteiger partial charge in [-0.25, -0.2) is 13.1 Å². The number of sulfonamides is 1.